The lowest BCUT2D eigenvalue weighted by Gasteiger charge is -2.28. The maximum atomic E-state index is 9.40. The van der Waals surface area contributed by atoms with Gasteiger partial charge >= 0.3 is 0 Å². The van der Waals surface area contributed by atoms with Crippen molar-refractivity contribution in [3.05, 3.63) is 59.0 Å². The van der Waals surface area contributed by atoms with Crippen molar-refractivity contribution < 1.29 is 5.11 Å². The molecule has 0 radical (unpaired) electrons. The Morgan fingerprint density at radius 3 is 2.34 bits per heavy atom. The number of aryl methyl sites for hydroxylation is 4. The summed E-state index contributed by atoms with van der Waals surface area (Å²) in [6, 6.07) is 0. The number of aromatic nitrogens is 4. The van der Waals surface area contributed by atoms with Crippen LogP contribution >= 0.6 is 0 Å². The van der Waals surface area contributed by atoms with Crippen LogP contribution in [0.2, 0.25) is 0 Å². The SMILES string of the molecule is CCC/C(C)=C/C(C)(C)Nn1c(C)nc(C)c1-c1c(C)nc(CC)n1CC=C/C=C/C(CC)CO. The first-order valence-electron chi connectivity index (χ1n) is 13.1. The summed E-state index contributed by atoms with van der Waals surface area (Å²) in [4.78, 5) is 9.76. The van der Waals surface area contributed by atoms with Crippen molar-refractivity contribution in [2.45, 2.75) is 100 Å². The molecule has 0 aliphatic rings. The standard InChI is InChI=1S/C29H47N5O/c1-10-16-21(4)19-29(8,9)32-34-24(7)30-23(6)28(34)27-22(5)31-26(12-3)33(27)18-15-13-14-17-25(11-2)20-35/h13-15,17,19,25,32,35H,10-12,16,18,20H2,1-9H3/b15-13?,17-14+,21-19+. The lowest BCUT2D eigenvalue weighted by Crippen LogP contribution is -2.37. The zero-order chi connectivity index (χ0) is 26.2. The smallest absolute Gasteiger partial charge is 0.125 e. The summed E-state index contributed by atoms with van der Waals surface area (Å²) in [5.74, 6) is 2.21. The van der Waals surface area contributed by atoms with Gasteiger partial charge in [0, 0.05) is 19.6 Å². The largest absolute Gasteiger partial charge is 0.396 e. The minimum absolute atomic E-state index is 0.185. The highest BCUT2D eigenvalue weighted by Gasteiger charge is 2.25. The van der Waals surface area contributed by atoms with Crippen molar-refractivity contribution in [3.63, 3.8) is 0 Å². The average molecular weight is 482 g/mol. The normalized spacial score (nSPS) is 13.9. The monoisotopic (exact) mass is 481 g/mol. The van der Waals surface area contributed by atoms with Crippen LogP contribution in [0.15, 0.2) is 36.0 Å². The Hall–Kier alpha value is -2.60. The molecule has 2 N–H and O–H groups in total. The van der Waals surface area contributed by atoms with Crippen molar-refractivity contribution >= 4 is 0 Å². The van der Waals surface area contributed by atoms with Gasteiger partial charge in [-0.2, -0.15) is 0 Å². The van der Waals surface area contributed by atoms with Crippen LogP contribution in [0.1, 0.15) is 83.8 Å². The summed E-state index contributed by atoms with van der Waals surface area (Å²) < 4.78 is 4.44. The summed E-state index contributed by atoms with van der Waals surface area (Å²) in [5.41, 5.74) is 9.06. The second-order valence-electron chi connectivity index (χ2n) is 10.1. The Kier molecular flexibility index (Phi) is 10.6. The molecule has 2 heterocycles. The van der Waals surface area contributed by atoms with Crippen molar-refractivity contribution in [3.8, 4) is 11.4 Å². The zero-order valence-corrected chi connectivity index (χ0v) is 23.4. The van der Waals surface area contributed by atoms with Gasteiger partial charge in [0.1, 0.15) is 17.3 Å². The molecule has 0 aromatic carbocycles. The van der Waals surface area contributed by atoms with E-state index in [0.29, 0.717) is 0 Å². The van der Waals surface area contributed by atoms with Crippen LogP contribution in [0.25, 0.3) is 11.4 Å². The number of hydrogen-bond donors (Lipinski definition) is 2. The van der Waals surface area contributed by atoms with Gasteiger partial charge in [-0.05, 0) is 60.3 Å². The molecular weight excluding hydrogens is 434 g/mol. The molecular formula is C29H47N5O. The topological polar surface area (TPSA) is 67.9 Å². The van der Waals surface area contributed by atoms with Gasteiger partial charge < -0.3 is 15.1 Å². The second-order valence-corrected chi connectivity index (χ2v) is 10.1. The van der Waals surface area contributed by atoms with E-state index in [1.54, 1.807) is 0 Å². The fourth-order valence-corrected chi connectivity index (χ4v) is 4.68. The van der Waals surface area contributed by atoms with Crippen LogP contribution in [-0.4, -0.2) is 36.5 Å². The first kappa shape index (κ1) is 28.6. The van der Waals surface area contributed by atoms with Gasteiger partial charge in [0.15, 0.2) is 0 Å². The molecule has 0 spiro atoms. The fourth-order valence-electron chi connectivity index (χ4n) is 4.68. The molecule has 1 unspecified atom stereocenters. The van der Waals surface area contributed by atoms with Crippen molar-refractivity contribution in [1.29, 1.82) is 0 Å². The van der Waals surface area contributed by atoms with E-state index in [4.69, 9.17) is 9.97 Å². The van der Waals surface area contributed by atoms with E-state index < -0.39 is 0 Å². The molecule has 0 aliphatic carbocycles. The highest BCUT2D eigenvalue weighted by Crippen LogP contribution is 2.30. The van der Waals surface area contributed by atoms with E-state index in [2.05, 4.69) is 101 Å². The van der Waals surface area contributed by atoms with Crippen LogP contribution in [0.3, 0.4) is 0 Å². The molecule has 0 fully saturated rings. The number of aliphatic hydroxyl groups excluding tert-OH is 1. The van der Waals surface area contributed by atoms with E-state index in [0.717, 1.165) is 66.7 Å². The molecule has 2 rings (SSSR count). The molecule has 0 saturated carbocycles. The summed E-state index contributed by atoms with van der Waals surface area (Å²) >= 11 is 0. The van der Waals surface area contributed by atoms with Crippen LogP contribution in [0.5, 0.6) is 0 Å². The second kappa shape index (κ2) is 12.9. The third-order valence-corrected chi connectivity index (χ3v) is 6.31. The first-order valence-corrected chi connectivity index (χ1v) is 13.1. The predicted molar refractivity (Wildman–Crippen MR) is 148 cm³/mol. The predicted octanol–water partition coefficient (Wildman–Crippen LogP) is 6.43. The molecule has 194 valence electrons. The number of hydrogen-bond acceptors (Lipinski definition) is 4. The molecule has 35 heavy (non-hydrogen) atoms. The minimum atomic E-state index is -0.231. The van der Waals surface area contributed by atoms with Gasteiger partial charge in [-0.25, -0.2) is 14.6 Å². The zero-order valence-electron chi connectivity index (χ0n) is 23.4. The van der Waals surface area contributed by atoms with Gasteiger partial charge in [0.05, 0.1) is 22.6 Å². The maximum absolute atomic E-state index is 9.40. The lowest BCUT2D eigenvalue weighted by atomic mass is 10.0. The third kappa shape index (κ3) is 7.44. The molecule has 0 bridgehead atoms. The van der Waals surface area contributed by atoms with Gasteiger partial charge in [0.2, 0.25) is 0 Å². The first-order chi connectivity index (χ1) is 16.6. The Bertz CT molecular complexity index is 1050. The number of nitrogens with zero attached hydrogens (tertiary/aromatic N) is 4. The fraction of sp³-hybridized carbons (Fsp3) is 0.586. The van der Waals surface area contributed by atoms with Crippen LogP contribution in [0, 0.1) is 26.7 Å². The minimum Gasteiger partial charge on any atom is -0.396 e. The van der Waals surface area contributed by atoms with E-state index >= 15 is 0 Å². The Balaban J connectivity index is 2.48. The number of allylic oxidation sites excluding steroid dienone is 4. The number of imidazole rings is 2. The van der Waals surface area contributed by atoms with Crippen LogP contribution in [0.4, 0.5) is 0 Å². The third-order valence-electron chi connectivity index (χ3n) is 6.31. The molecule has 2 aromatic rings. The quantitative estimate of drug-likeness (QED) is 0.255. The van der Waals surface area contributed by atoms with Gasteiger partial charge in [0.25, 0.3) is 0 Å². The average Bonchev–Trinajstić information content (AvgIpc) is 3.24. The molecule has 6 nitrogen and oxygen atoms in total. The van der Waals surface area contributed by atoms with Crippen LogP contribution in [-0.2, 0) is 13.0 Å². The van der Waals surface area contributed by atoms with Crippen LogP contribution < -0.4 is 5.43 Å². The highest BCUT2D eigenvalue weighted by molar-refractivity contribution is 5.63. The molecule has 0 aliphatic heterocycles. The summed E-state index contributed by atoms with van der Waals surface area (Å²) in [7, 11) is 0. The Morgan fingerprint density at radius 1 is 1.06 bits per heavy atom. The van der Waals surface area contributed by atoms with Crippen molar-refractivity contribution in [2.24, 2.45) is 5.92 Å². The lowest BCUT2D eigenvalue weighted by molar-refractivity contribution is 0.249. The number of aliphatic hydroxyl groups is 1. The summed E-state index contributed by atoms with van der Waals surface area (Å²) in [6.45, 7) is 20.2. The van der Waals surface area contributed by atoms with Gasteiger partial charge in [-0.15, -0.1) is 0 Å². The Morgan fingerprint density at radius 2 is 1.74 bits per heavy atom. The van der Waals surface area contributed by atoms with E-state index in [9.17, 15) is 5.11 Å². The van der Waals surface area contributed by atoms with Crippen molar-refractivity contribution in [1.82, 2.24) is 19.2 Å². The molecule has 6 heteroatoms. The van der Waals surface area contributed by atoms with E-state index in [1.165, 1.54) is 5.57 Å². The Labute approximate surface area is 212 Å². The number of rotatable bonds is 13. The molecule has 0 saturated heterocycles. The maximum Gasteiger partial charge on any atom is 0.125 e. The van der Waals surface area contributed by atoms with E-state index in [-0.39, 0.29) is 18.1 Å². The van der Waals surface area contributed by atoms with Gasteiger partial charge in [-0.1, -0.05) is 63.1 Å². The highest BCUT2D eigenvalue weighted by atomic mass is 16.3. The summed E-state index contributed by atoms with van der Waals surface area (Å²) in [5, 5.41) is 9.40. The number of nitrogens with one attached hydrogen (secondary N) is 1. The molecule has 1 atom stereocenters. The van der Waals surface area contributed by atoms with Crippen molar-refractivity contribution in [2.75, 3.05) is 12.0 Å². The van der Waals surface area contributed by atoms with E-state index in [1.807, 2.05) is 6.08 Å². The molecule has 0 amide bonds. The molecule has 2 aromatic heterocycles. The van der Waals surface area contributed by atoms with Gasteiger partial charge in [-0.3, -0.25) is 0 Å². The summed E-state index contributed by atoms with van der Waals surface area (Å²) in [6.07, 6.45) is 14.7.